The average Bonchev–Trinajstić information content (AvgIpc) is 2.77. The van der Waals surface area contributed by atoms with Crippen molar-refractivity contribution in [1.29, 1.82) is 0 Å². The molecule has 3 nitrogen and oxygen atoms in total. The molecular weight excluding hydrogens is 284 g/mol. The van der Waals surface area contributed by atoms with Gasteiger partial charge in [0.2, 0.25) is 0 Å². The summed E-state index contributed by atoms with van der Waals surface area (Å²) in [5.74, 6) is -1.60. The third-order valence-corrected chi connectivity index (χ3v) is 2.89. The molecule has 1 aromatic heterocycles. The molecule has 0 unspecified atom stereocenters. The number of nitrogens with one attached hydrogen (secondary N) is 1. The quantitative estimate of drug-likeness (QED) is 0.859. The summed E-state index contributed by atoms with van der Waals surface area (Å²) >= 11 is 0.620. The van der Waals surface area contributed by atoms with Crippen LogP contribution in [0.1, 0.15) is 16.1 Å². The number of hydrogen-bond donors (Lipinski definition) is 1. The molecule has 0 aliphatic carbocycles. The van der Waals surface area contributed by atoms with Crippen LogP contribution in [0.5, 0.6) is 0 Å². The SMILES string of the molecule is O=C(Nc1nc(C(F)(F)F)cs1)c1ccccc1F. The van der Waals surface area contributed by atoms with Crippen LogP contribution in [0.4, 0.5) is 22.7 Å². The van der Waals surface area contributed by atoms with E-state index in [1.54, 1.807) is 0 Å². The van der Waals surface area contributed by atoms with Crippen molar-refractivity contribution in [1.82, 2.24) is 4.98 Å². The summed E-state index contributed by atoms with van der Waals surface area (Å²) < 4.78 is 50.2. The van der Waals surface area contributed by atoms with Crippen LogP contribution >= 0.6 is 11.3 Å². The van der Waals surface area contributed by atoms with Gasteiger partial charge in [-0.1, -0.05) is 12.1 Å². The second-order valence-corrected chi connectivity index (χ2v) is 4.33. The molecule has 19 heavy (non-hydrogen) atoms. The van der Waals surface area contributed by atoms with Crippen LogP contribution in [0.25, 0.3) is 0 Å². The van der Waals surface area contributed by atoms with E-state index in [2.05, 4.69) is 10.3 Å². The zero-order valence-electron chi connectivity index (χ0n) is 9.16. The highest BCUT2D eigenvalue weighted by Crippen LogP contribution is 2.31. The topological polar surface area (TPSA) is 42.0 Å². The summed E-state index contributed by atoms with van der Waals surface area (Å²) in [6.45, 7) is 0. The van der Waals surface area contributed by atoms with Crippen molar-refractivity contribution < 1.29 is 22.4 Å². The number of thiazole rings is 1. The van der Waals surface area contributed by atoms with E-state index in [0.29, 0.717) is 11.3 Å². The van der Waals surface area contributed by atoms with Crippen LogP contribution < -0.4 is 5.32 Å². The number of halogens is 4. The first-order chi connectivity index (χ1) is 8.88. The van der Waals surface area contributed by atoms with E-state index in [0.717, 1.165) is 11.4 Å². The number of benzene rings is 1. The van der Waals surface area contributed by atoms with Crippen LogP contribution in [0.15, 0.2) is 29.6 Å². The fourth-order valence-corrected chi connectivity index (χ4v) is 1.98. The van der Waals surface area contributed by atoms with Crippen molar-refractivity contribution in [2.24, 2.45) is 0 Å². The Morgan fingerprint density at radius 1 is 1.26 bits per heavy atom. The molecule has 2 aromatic rings. The Morgan fingerprint density at radius 2 is 1.95 bits per heavy atom. The van der Waals surface area contributed by atoms with Gasteiger partial charge < -0.3 is 0 Å². The zero-order valence-corrected chi connectivity index (χ0v) is 9.98. The Balaban J connectivity index is 2.16. The molecule has 0 aliphatic rings. The highest BCUT2D eigenvalue weighted by atomic mass is 32.1. The predicted octanol–water partition coefficient (Wildman–Crippen LogP) is 3.55. The molecule has 0 spiro atoms. The third-order valence-electron chi connectivity index (χ3n) is 2.13. The minimum atomic E-state index is -4.57. The van der Waals surface area contributed by atoms with Crippen LogP contribution in [-0.2, 0) is 6.18 Å². The number of nitrogens with zero attached hydrogens (tertiary/aromatic N) is 1. The lowest BCUT2D eigenvalue weighted by Crippen LogP contribution is -2.14. The van der Waals surface area contributed by atoms with Gasteiger partial charge in [-0.2, -0.15) is 13.2 Å². The van der Waals surface area contributed by atoms with Gasteiger partial charge >= 0.3 is 6.18 Å². The zero-order chi connectivity index (χ0) is 14.0. The van der Waals surface area contributed by atoms with Gasteiger partial charge in [0.05, 0.1) is 5.56 Å². The first kappa shape index (κ1) is 13.5. The molecule has 1 heterocycles. The summed E-state index contributed by atoms with van der Waals surface area (Å²) in [5.41, 5.74) is -1.35. The number of hydrogen-bond acceptors (Lipinski definition) is 3. The molecule has 1 aromatic carbocycles. The van der Waals surface area contributed by atoms with Crippen molar-refractivity contribution in [2.45, 2.75) is 6.18 Å². The van der Waals surface area contributed by atoms with E-state index in [-0.39, 0.29) is 10.7 Å². The molecule has 1 N–H and O–H groups in total. The van der Waals surface area contributed by atoms with Crippen molar-refractivity contribution >= 4 is 22.4 Å². The number of anilines is 1. The predicted molar refractivity (Wildman–Crippen MR) is 61.5 cm³/mol. The van der Waals surface area contributed by atoms with Crippen molar-refractivity contribution in [3.63, 3.8) is 0 Å². The normalized spacial score (nSPS) is 11.4. The number of carbonyl (C=O) groups excluding carboxylic acids is 1. The lowest BCUT2D eigenvalue weighted by atomic mass is 10.2. The second-order valence-electron chi connectivity index (χ2n) is 3.47. The first-order valence-electron chi connectivity index (χ1n) is 4.96. The monoisotopic (exact) mass is 290 g/mol. The van der Waals surface area contributed by atoms with E-state index >= 15 is 0 Å². The maximum absolute atomic E-state index is 13.3. The molecule has 0 saturated carbocycles. The van der Waals surface area contributed by atoms with Gasteiger partial charge in [0.1, 0.15) is 5.82 Å². The molecule has 0 bridgehead atoms. The molecule has 1 amide bonds. The van der Waals surface area contributed by atoms with Gasteiger partial charge in [0.25, 0.3) is 5.91 Å². The van der Waals surface area contributed by atoms with E-state index in [9.17, 15) is 22.4 Å². The van der Waals surface area contributed by atoms with Gasteiger partial charge in [-0.25, -0.2) is 9.37 Å². The third kappa shape index (κ3) is 3.08. The van der Waals surface area contributed by atoms with Crippen molar-refractivity contribution in [3.8, 4) is 0 Å². The van der Waals surface area contributed by atoms with Crippen molar-refractivity contribution in [2.75, 3.05) is 5.32 Å². The van der Waals surface area contributed by atoms with E-state index < -0.39 is 23.6 Å². The second kappa shape index (κ2) is 4.96. The summed E-state index contributed by atoms with van der Waals surface area (Å²) in [5, 5.41) is 2.66. The number of rotatable bonds is 2. The highest BCUT2D eigenvalue weighted by molar-refractivity contribution is 7.14. The van der Waals surface area contributed by atoms with Crippen LogP contribution in [-0.4, -0.2) is 10.9 Å². The Morgan fingerprint density at radius 3 is 2.53 bits per heavy atom. The first-order valence-corrected chi connectivity index (χ1v) is 5.84. The summed E-state index contributed by atoms with van der Waals surface area (Å²) in [6, 6.07) is 5.15. The van der Waals surface area contributed by atoms with Gasteiger partial charge in [-0.3, -0.25) is 10.1 Å². The average molecular weight is 290 g/mol. The number of carbonyl (C=O) groups is 1. The fraction of sp³-hybridized carbons (Fsp3) is 0.0909. The molecule has 100 valence electrons. The van der Waals surface area contributed by atoms with Gasteiger partial charge in [-0.05, 0) is 12.1 Å². The maximum atomic E-state index is 13.3. The Labute approximate surface area is 108 Å². The molecule has 0 saturated heterocycles. The van der Waals surface area contributed by atoms with Gasteiger partial charge in [0, 0.05) is 5.38 Å². The minimum Gasteiger partial charge on any atom is -0.298 e. The van der Waals surface area contributed by atoms with E-state index in [4.69, 9.17) is 0 Å². The van der Waals surface area contributed by atoms with E-state index in [1.807, 2.05) is 0 Å². The Kier molecular flexibility index (Phi) is 3.52. The van der Waals surface area contributed by atoms with Gasteiger partial charge in [0.15, 0.2) is 10.8 Å². The van der Waals surface area contributed by atoms with Crippen LogP contribution in [0.3, 0.4) is 0 Å². The fourth-order valence-electron chi connectivity index (χ4n) is 1.27. The lowest BCUT2D eigenvalue weighted by molar-refractivity contribution is -0.140. The largest absolute Gasteiger partial charge is 0.434 e. The molecule has 2 rings (SSSR count). The Bertz CT molecular complexity index is 609. The van der Waals surface area contributed by atoms with Gasteiger partial charge in [-0.15, -0.1) is 11.3 Å². The maximum Gasteiger partial charge on any atom is 0.434 e. The molecule has 0 radical (unpaired) electrons. The smallest absolute Gasteiger partial charge is 0.298 e. The minimum absolute atomic E-state index is 0.236. The molecular formula is C11H6F4N2OS. The lowest BCUT2D eigenvalue weighted by Gasteiger charge is -2.03. The summed E-state index contributed by atoms with van der Waals surface area (Å²) in [4.78, 5) is 14.8. The molecule has 0 aliphatic heterocycles. The molecule has 0 fully saturated rings. The molecule has 0 atom stereocenters. The molecule has 8 heteroatoms. The van der Waals surface area contributed by atoms with Crippen molar-refractivity contribution in [3.05, 3.63) is 46.7 Å². The highest BCUT2D eigenvalue weighted by Gasteiger charge is 2.33. The summed E-state index contributed by atoms with van der Waals surface area (Å²) in [7, 11) is 0. The standard InChI is InChI=1S/C11H6F4N2OS/c12-7-4-2-1-3-6(7)9(18)17-10-16-8(5-19-10)11(13,14)15/h1-5H,(H,16,17,18). The van der Waals surface area contributed by atoms with Crippen LogP contribution in [0.2, 0.25) is 0 Å². The Hall–Kier alpha value is -1.96. The van der Waals surface area contributed by atoms with Crippen LogP contribution in [0, 0.1) is 5.82 Å². The summed E-state index contributed by atoms with van der Waals surface area (Å²) in [6.07, 6.45) is -4.57. The number of alkyl halides is 3. The number of aromatic nitrogens is 1. The number of amides is 1. The van der Waals surface area contributed by atoms with E-state index in [1.165, 1.54) is 18.2 Å².